The molecular weight excluding hydrogens is 478 g/mol. The molecule has 1 aliphatic heterocycles. The molecule has 3 aromatic rings. The van der Waals surface area contributed by atoms with E-state index in [9.17, 15) is 18.4 Å². The monoisotopic (exact) mass is 502 g/mol. The largest absolute Gasteiger partial charge is 0.369 e. The van der Waals surface area contributed by atoms with Crippen molar-refractivity contribution in [2.45, 2.75) is 32.0 Å². The zero-order valence-electron chi connectivity index (χ0n) is 20.0. The Kier molecular flexibility index (Phi) is 7.15. The molecule has 0 unspecified atom stereocenters. The molecular formula is C27H24F2N6O2. The van der Waals surface area contributed by atoms with Crippen molar-refractivity contribution in [1.29, 1.82) is 5.26 Å². The highest BCUT2D eigenvalue weighted by molar-refractivity contribution is 6.06. The predicted octanol–water partition coefficient (Wildman–Crippen LogP) is 3.82. The van der Waals surface area contributed by atoms with Gasteiger partial charge in [0, 0.05) is 24.7 Å². The third-order valence-electron chi connectivity index (χ3n) is 5.90. The summed E-state index contributed by atoms with van der Waals surface area (Å²) in [5, 5.41) is 14.3. The molecule has 0 saturated carbocycles. The van der Waals surface area contributed by atoms with Crippen molar-refractivity contribution in [2.75, 3.05) is 5.32 Å². The number of nitriles is 1. The highest BCUT2D eigenvalue weighted by Gasteiger charge is 2.44. The van der Waals surface area contributed by atoms with Gasteiger partial charge in [-0.25, -0.2) is 18.6 Å². The zero-order valence-corrected chi connectivity index (χ0v) is 20.0. The van der Waals surface area contributed by atoms with Crippen LogP contribution in [0.5, 0.6) is 0 Å². The lowest BCUT2D eigenvalue weighted by Crippen LogP contribution is -2.43. The number of nitrogens with zero attached hydrogens (tertiary/aromatic N) is 3. The molecule has 4 rings (SSSR count). The van der Waals surface area contributed by atoms with E-state index in [1.807, 2.05) is 30.3 Å². The van der Waals surface area contributed by atoms with E-state index in [0.717, 1.165) is 17.2 Å². The second kappa shape index (κ2) is 10.5. The van der Waals surface area contributed by atoms with Gasteiger partial charge in [0.25, 0.3) is 5.91 Å². The first kappa shape index (κ1) is 25.3. The minimum absolute atomic E-state index is 0.00680. The number of amides is 3. The van der Waals surface area contributed by atoms with Crippen LogP contribution < -0.4 is 16.4 Å². The van der Waals surface area contributed by atoms with Gasteiger partial charge in [-0.2, -0.15) is 5.26 Å². The number of nitrogens with one attached hydrogen (secondary N) is 2. The van der Waals surface area contributed by atoms with Crippen LogP contribution in [0.25, 0.3) is 0 Å². The minimum atomic E-state index is -1.27. The van der Waals surface area contributed by atoms with Crippen LogP contribution in [-0.2, 0) is 24.3 Å². The van der Waals surface area contributed by atoms with Crippen LogP contribution in [0.15, 0.2) is 71.7 Å². The Morgan fingerprint density at radius 1 is 1.03 bits per heavy atom. The number of halogens is 2. The number of hydrogen-bond acceptors (Lipinski definition) is 5. The van der Waals surface area contributed by atoms with Crippen LogP contribution in [-0.4, -0.2) is 28.3 Å². The van der Waals surface area contributed by atoms with Gasteiger partial charge in [0.15, 0.2) is 5.96 Å². The number of benzene rings is 3. The number of aliphatic imine (C=N–C) groups is 1. The average Bonchev–Trinajstić information content (AvgIpc) is 3.06. The van der Waals surface area contributed by atoms with E-state index >= 15 is 0 Å². The Bertz CT molecular complexity index is 1380. The molecule has 1 aliphatic rings. The fourth-order valence-corrected chi connectivity index (χ4v) is 4.07. The Hall–Kier alpha value is -4.78. The Morgan fingerprint density at radius 2 is 1.65 bits per heavy atom. The Labute approximate surface area is 212 Å². The summed E-state index contributed by atoms with van der Waals surface area (Å²) in [5.74, 6) is -1.77. The van der Waals surface area contributed by atoms with E-state index in [1.165, 1.54) is 17.0 Å². The van der Waals surface area contributed by atoms with E-state index in [1.54, 1.807) is 31.2 Å². The van der Waals surface area contributed by atoms with Gasteiger partial charge in [-0.15, -0.1) is 0 Å². The van der Waals surface area contributed by atoms with Crippen molar-refractivity contribution in [3.63, 3.8) is 0 Å². The first-order valence-corrected chi connectivity index (χ1v) is 11.4. The summed E-state index contributed by atoms with van der Waals surface area (Å²) >= 11 is 0. The Balaban J connectivity index is 1.32. The number of anilines is 1. The van der Waals surface area contributed by atoms with Crippen molar-refractivity contribution < 1.29 is 18.4 Å². The van der Waals surface area contributed by atoms with Gasteiger partial charge in [0.1, 0.15) is 17.2 Å². The first-order chi connectivity index (χ1) is 17.6. The number of urea groups is 1. The molecule has 0 aliphatic carbocycles. The van der Waals surface area contributed by atoms with Crippen LogP contribution >= 0.6 is 0 Å². The standard InChI is InChI=1S/C27H24F2N6O2/c1-27(13-20-10-21(28)12-22(29)11-20)24(36)35(25(31)34-27)16-19-4-2-18(3-5-19)15-32-26(37)33-23-8-6-17(14-30)7-9-23/h2-12H,13,15-16H2,1H3,(H2,31,34)(H2,32,33,37)/t27-/m1/s1. The summed E-state index contributed by atoms with van der Waals surface area (Å²) < 4.78 is 27.2. The van der Waals surface area contributed by atoms with Crippen LogP contribution in [0.4, 0.5) is 19.3 Å². The molecule has 0 fully saturated rings. The van der Waals surface area contributed by atoms with Gasteiger partial charge in [0.05, 0.1) is 18.2 Å². The van der Waals surface area contributed by atoms with Gasteiger partial charge < -0.3 is 16.4 Å². The van der Waals surface area contributed by atoms with Gasteiger partial charge in [-0.05, 0) is 60.0 Å². The van der Waals surface area contributed by atoms with Crippen molar-refractivity contribution in [3.8, 4) is 6.07 Å². The maximum absolute atomic E-state index is 13.6. The molecule has 0 radical (unpaired) electrons. The third-order valence-corrected chi connectivity index (χ3v) is 5.90. The maximum atomic E-state index is 13.6. The molecule has 0 spiro atoms. The topological polar surface area (TPSA) is 124 Å². The molecule has 8 nitrogen and oxygen atoms in total. The molecule has 0 saturated heterocycles. The predicted molar refractivity (Wildman–Crippen MR) is 134 cm³/mol. The lowest BCUT2D eigenvalue weighted by Gasteiger charge is -2.22. The van der Waals surface area contributed by atoms with Crippen molar-refractivity contribution in [2.24, 2.45) is 10.7 Å². The molecule has 37 heavy (non-hydrogen) atoms. The smallest absolute Gasteiger partial charge is 0.319 e. The fraction of sp³-hybridized carbons (Fsp3) is 0.185. The Morgan fingerprint density at radius 3 is 2.27 bits per heavy atom. The normalized spacial score (nSPS) is 16.8. The minimum Gasteiger partial charge on any atom is -0.369 e. The number of carbonyl (C=O) groups is 2. The first-order valence-electron chi connectivity index (χ1n) is 11.4. The third kappa shape index (κ3) is 6.08. The highest BCUT2D eigenvalue weighted by atomic mass is 19.1. The number of rotatable bonds is 7. The molecule has 1 heterocycles. The molecule has 4 N–H and O–H groups in total. The van der Waals surface area contributed by atoms with Gasteiger partial charge >= 0.3 is 6.03 Å². The number of hydrogen-bond donors (Lipinski definition) is 3. The summed E-state index contributed by atoms with van der Waals surface area (Å²) in [4.78, 5) is 30.9. The molecule has 3 amide bonds. The van der Waals surface area contributed by atoms with Crippen LogP contribution in [0.1, 0.15) is 29.2 Å². The molecule has 0 bridgehead atoms. The summed E-state index contributed by atoms with van der Waals surface area (Å²) in [7, 11) is 0. The van der Waals surface area contributed by atoms with E-state index in [2.05, 4.69) is 15.6 Å². The fourth-order valence-electron chi connectivity index (χ4n) is 4.07. The van der Waals surface area contributed by atoms with Gasteiger partial charge in [-0.3, -0.25) is 9.69 Å². The van der Waals surface area contributed by atoms with Crippen LogP contribution in [0.2, 0.25) is 0 Å². The summed E-state index contributed by atoms with van der Waals surface area (Å²) in [6.07, 6.45) is 0.00680. The zero-order chi connectivity index (χ0) is 26.6. The SMILES string of the molecule is C[C@]1(Cc2cc(F)cc(F)c2)N=C(N)N(Cc2ccc(CNC(=O)Nc3ccc(C#N)cc3)cc2)C1=O. The van der Waals surface area contributed by atoms with Crippen molar-refractivity contribution in [3.05, 3.63) is 101 Å². The number of nitrogens with two attached hydrogens (primary N) is 1. The quantitative estimate of drug-likeness (QED) is 0.454. The second-order valence-corrected chi connectivity index (χ2v) is 8.90. The van der Waals surface area contributed by atoms with E-state index in [-0.39, 0.29) is 31.4 Å². The summed E-state index contributed by atoms with van der Waals surface area (Å²) in [6.45, 7) is 2.04. The van der Waals surface area contributed by atoms with Gasteiger partial charge in [0.2, 0.25) is 0 Å². The van der Waals surface area contributed by atoms with E-state index in [4.69, 9.17) is 11.0 Å². The number of carbonyl (C=O) groups excluding carboxylic acids is 2. The lowest BCUT2D eigenvalue weighted by molar-refractivity contribution is -0.131. The maximum Gasteiger partial charge on any atom is 0.319 e. The van der Waals surface area contributed by atoms with Gasteiger partial charge in [-0.1, -0.05) is 24.3 Å². The van der Waals surface area contributed by atoms with Crippen molar-refractivity contribution in [1.82, 2.24) is 10.2 Å². The number of guanidine groups is 1. The molecule has 188 valence electrons. The van der Waals surface area contributed by atoms with Crippen LogP contribution in [0, 0.1) is 23.0 Å². The average molecular weight is 503 g/mol. The molecule has 1 atom stereocenters. The lowest BCUT2D eigenvalue weighted by atomic mass is 9.92. The molecule has 10 heteroatoms. The van der Waals surface area contributed by atoms with E-state index < -0.39 is 23.2 Å². The van der Waals surface area contributed by atoms with Crippen molar-refractivity contribution >= 4 is 23.6 Å². The van der Waals surface area contributed by atoms with Crippen LogP contribution in [0.3, 0.4) is 0 Å². The summed E-state index contributed by atoms with van der Waals surface area (Å²) in [6, 6.07) is 18.5. The summed E-state index contributed by atoms with van der Waals surface area (Å²) in [5.41, 5.74) is 7.77. The second-order valence-electron chi connectivity index (χ2n) is 8.90. The highest BCUT2D eigenvalue weighted by Crippen LogP contribution is 2.28. The molecule has 0 aromatic heterocycles. The van der Waals surface area contributed by atoms with E-state index in [0.29, 0.717) is 16.8 Å². The molecule has 3 aromatic carbocycles.